The van der Waals surface area contributed by atoms with Gasteiger partial charge in [-0.3, -0.25) is 15.1 Å². The summed E-state index contributed by atoms with van der Waals surface area (Å²) in [4.78, 5) is 14.5. The number of phenols is 1. The summed E-state index contributed by atoms with van der Waals surface area (Å²) in [5.74, 6) is 0.141. The Morgan fingerprint density at radius 1 is 1.14 bits per heavy atom. The molecule has 1 heterocycles. The minimum absolute atomic E-state index is 0.0241. The molecule has 21 heavy (non-hydrogen) atoms. The highest BCUT2D eigenvalue weighted by Gasteiger charge is 2.07. The van der Waals surface area contributed by atoms with Crippen LogP contribution in [0.4, 0.5) is 17.1 Å². The van der Waals surface area contributed by atoms with Crippen LogP contribution in [0.25, 0.3) is 10.9 Å². The number of anilines is 2. The smallest absolute Gasteiger partial charge is 0.271 e. The number of fused-ring (bicyclic) bond motifs is 1. The second kappa shape index (κ2) is 5.09. The molecule has 6 heteroatoms. The quantitative estimate of drug-likeness (QED) is 0.565. The molecular formula is C15H11N3O3. The maximum Gasteiger partial charge on any atom is 0.271 e. The largest absolute Gasteiger partial charge is 0.508 e. The number of rotatable bonds is 3. The van der Waals surface area contributed by atoms with Gasteiger partial charge >= 0.3 is 0 Å². The molecule has 0 amide bonds. The fourth-order valence-corrected chi connectivity index (χ4v) is 2.10. The van der Waals surface area contributed by atoms with E-state index in [0.717, 1.165) is 11.1 Å². The van der Waals surface area contributed by atoms with Crippen molar-refractivity contribution in [3.63, 3.8) is 0 Å². The molecule has 1 aromatic heterocycles. The van der Waals surface area contributed by atoms with E-state index in [-0.39, 0.29) is 11.4 Å². The lowest BCUT2D eigenvalue weighted by molar-refractivity contribution is -0.384. The molecule has 0 atom stereocenters. The molecule has 0 fully saturated rings. The molecule has 0 saturated carbocycles. The SMILES string of the molecule is O=[N+]([O-])c1cccc(Nc2ccnc3cc(O)ccc23)c1. The topological polar surface area (TPSA) is 88.3 Å². The molecule has 0 bridgehead atoms. The normalized spacial score (nSPS) is 10.5. The van der Waals surface area contributed by atoms with Gasteiger partial charge in [0, 0.05) is 41.2 Å². The maximum atomic E-state index is 10.8. The Kier molecular flexibility index (Phi) is 3.12. The summed E-state index contributed by atoms with van der Waals surface area (Å²) < 4.78 is 0. The van der Waals surface area contributed by atoms with Gasteiger partial charge in [0.15, 0.2) is 0 Å². The van der Waals surface area contributed by atoms with E-state index in [0.29, 0.717) is 11.2 Å². The van der Waals surface area contributed by atoms with E-state index in [9.17, 15) is 15.2 Å². The highest BCUT2D eigenvalue weighted by Crippen LogP contribution is 2.28. The van der Waals surface area contributed by atoms with Gasteiger partial charge < -0.3 is 10.4 Å². The van der Waals surface area contributed by atoms with Gasteiger partial charge in [-0.25, -0.2) is 0 Å². The van der Waals surface area contributed by atoms with E-state index in [1.165, 1.54) is 12.1 Å². The van der Waals surface area contributed by atoms with Crippen molar-refractivity contribution in [3.05, 3.63) is 64.8 Å². The van der Waals surface area contributed by atoms with E-state index >= 15 is 0 Å². The molecule has 3 aromatic rings. The molecule has 3 rings (SSSR count). The van der Waals surface area contributed by atoms with Crippen LogP contribution in [0.2, 0.25) is 0 Å². The van der Waals surface area contributed by atoms with Gasteiger partial charge in [-0.1, -0.05) is 6.07 Å². The standard InChI is InChI=1S/C15H11N3O3/c19-12-4-5-13-14(6-7-16-15(13)9-12)17-10-2-1-3-11(8-10)18(20)21/h1-9,19H,(H,16,17). The van der Waals surface area contributed by atoms with Gasteiger partial charge in [0.1, 0.15) is 5.75 Å². The summed E-state index contributed by atoms with van der Waals surface area (Å²) in [6.45, 7) is 0. The zero-order chi connectivity index (χ0) is 14.8. The Morgan fingerprint density at radius 2 is 2.00 bits per heavy atom. The summed E-state index contributed by atoms with van der Waals surface area (Å²) >= 11 is 0. The summed E-state index contributed by atoms with van der Waals surface area (Å²) in [5, 5.41) is 24.2. The second-order valence-corrected chi connectivity index (χ2v) is 4.49. The van der Waals surface area contributed by atoms with Crippen molar-refractivity contribution in [1.29, 1.82) is 0 Å². The van der Waals surface area contributed by atoms with E-state index in [1.807, 2.05) is 0 Å². The second-order valence-electron chi connectivity index (χ2n) is 4.49. The highest BCUT2D eigenvalue weighted by atomic mass is 16.6. The van der Waals surface area contributed by atoms with E-state index < -0.39 is 4.92 Å². The number of hydrogen-bond acceptors (Lipinski definition) is 5. The van der Waals surface area contributed by atoms with Gasteiger partial charge in [0.25, 0.3) is 5.69 Å². The predicted octanol–water partition coefficient (Wildman–Crippen LogP) is 3.59. The van der Waals surface area contributed by atoms with E-state index in [4.69, 9.17) is 0 Å². The molecule has 104 valence electrons. The zero-order valence-corrected chi connectivity index (χ0v) is 10.9. The Bertz CT molecular complexity index is 833. The van der Waals surface area contributed by atoms with Gasteiger partial charge in [0.2, 0.25) is 0 Å². The van der Waals surface area contributed by atoms with Crippen molar-refractivity contribution in [1.82, 2.24) is 4.98 Å². The first-order valence-corrected chi connectivity index (χ1v) is 6.23. The van der Waals surface area contributed by atoms with Gasteiger partial charge in [-0.15, -0.1) is 0 Å². The summed E-state index contributed by atoms with van der Waals surface area (Å²) in [6.07, 6.45) is 1.61. The number of aromatic hydroxyl groups is 1. The lowest BCUT2D eigenvalue weighted by Crippen LogP contribution is -1.94. The van der Waals surface area contributed by atoms with Crippen molar-refractivity contribution < 1.29 is 10.0 Å². The number of nitrogens with zero attached hydrogens (tertiary/aromatic N) is 2. The van der Waals surface area contributed by atoms with Crippen molar-refractivity contribution in [3.8, 4) is 5.75 Å². The first kappa shape index (κ1) is 12.9. The highest BCUT2D eigenvalue weighted by molar-refractivity contribution is 5.93. The summed E-state index contributed by atoms with van der Waals surface area (Å²) in [7, 11) is 0. The van der Waals surface area contributed by atoms with Crippen LogP contribution >= 0.6 is 0 Å². The van der Waals surface area contributed by atoms with Crippen LogP contribution in [0.1, 0.15) is 0 Å². The average Bonchev–Trinajstić information content (AvgIpc) is 2.47. The Balaban J connectivity index is 2.02. The molecule has 6 nitrogen and oxygen atoms in total. The third-order valence-electron chi connectivity index (χ3n) is 3.06. The number of non-ortho nitro benzene ring substituents is 1. The molecule has 2 aromatic carbocycles. The monoisotopic (exact) mass is 281 g/mol. The first-order valence-electron chi connectivity index (χ1n) is 6.23. The third-order valence-corrected chi connectivity index (χ3v) is 3.06. The molecule has 0 aliphatic heterocycles. The molecule has 0 radical (unpaired) electrons. The minimum Gasteiger partial charge on any atom is -0.508 e. The first-order chi connectivity index (χ1) is 10.1. The van der Waals surface area contributed by atoms with Crippen LogP contribution < -0.4 is 5.32 Å². The summed E-state index contributed by atoms with van der Waals surface area (Å²) in [5.41, 5.74) is 2.05. The number of nitro groups is 1. The van der Waals surface area contributed by atoms with Crippen molar-refractivity contribution >= 4 is 28.0 Å². The molecule has 0 unspecified atom stereocenters. The lowest BCUT2D eigenvalue weighted by atomic mass is 10.1. The zero-order valence-electron chi connectivity index (χ0n) is 10.9. The van der Waals surface area contributed by atoms with Crippen molar-refractivity contribution in [2.75, 3.05) is 5.32 Å². The fourth-order valence-electron chi connectivity index (χ4n) is 2.10. The van der Waals surface area contributed by atoms with Crippen LogP contribution in [0.5, 0.6) is 5.75 Å². The van der Waals surface area contributed by atoms with Crippen LogP contribution in [-0.4, -0.2) is 15.0 Å². The molecular weight excluding hydrogens is 270 g/mol. The average molecular weight is 281 g/mol. The van der Waals surface area contributed by atoms with Crippen LogP contribution in [-0.2, 0) is 0 Å². The number of nitro benzene ring substituents is 1. The van der Waals surface area contributed by atoms with Crippen LogP contribution in [0, 0.1) is 10.1 Å². The Hall–Kier alpha value is -3.15. The number of hydrogen-bond donors (Lipinski definition) is 2. The molecule has 0 aliphatic carbocycles. The molecule has 0 spiro atoms. The predicted molar refractivity (Wildman–Crippen MR) is 79.8 cm³/mol. The minimum atomic E-state index is -0.437. The van der Waals surface area contributed by atoms with Gasteiger partial charge in [0.05, 0.1) is 10.4 Å². The Labute approximate surface area is 119 Å². The maximum absolute atomic E-state index is 10.8. The molecule has 0 aliphatic rings. The lowest BCUT2D eigenvalue weighted by Gasteiger charge is -2.09. The van der Waals surface area contributed by atoms with Crippen molar-refractivity contribution in [2.45, 2.75) is 0 Å². The van der Waals surface area contributed by atoms with Crippen LogP contribution in [0.15, 0.2) is 54.7 Å². The van der Waals surface area contributed by atoms with Gasteiger partial charge in [-0.05, 0) is 24.3 Å². The van der Waals surface area contributed by atoms with Gasteiger partial charge in [-0.2, -0.15) is 0 Å². The Morgan fingerprint density at radius 3 is 2.81 bits per heavy atom. The van der Waals surface area contributed by atoms with E-state index in [1.54, 1.807) is 42.6 Å². The summed E-state index contributed by atoms with van der Waals surface area (Å²) in [6, 6.07) is 12.9. The number of nitrogens with one attached hydrogen (secondary N) is 1. The number of aromatic nitrogens is 1. The number of pyridine rings is 1. The van der Waals surface area contributed by atoms with Crippen LogP contribution in [0.3, 0.4) is 0 Å². The number of phenolic OH excluding ortho intramolecular Hbond substituents is 1. The molecule has 2 N–H and O–H groups in total. The number of benzene rings is 2. The van der Waals surface area contributed by atoms with E-state index in [2.05, 4.69) is 10.3 Å². The molecule has 0 saturated heterocycles. The fraction of sp³-hybridized carbons (Fsp3) is 0. The third kappa shape index (κ3) is 2.59. The van der Waals surface area contributed by atoms with Crippen molar-refractivity contribution in [2.24, 2.45) is 0 Å².